The van der Waals surface area contributed by atoms with E-state index in [1.54, 1.807) is 24.3 Å². The van der Waals surface area contributed by atoms with Crippen LogP contribution in [0.15, 0.2) is 78.9 Å². The minimum Gasteiger partial charge on any atom is -0.631 e. The Morgan fingerprint density at radius 3 is 0.681 bits per heavy atom. The summed E-state index contributed by atoms with van der Waals surface area (Å²) in [5.41, 5.74) is 16.6. The van der Waals surface area contributed by atoms with Gasteiger partial charge in [-0.05, 0) is 110 Å². The topological polar surface area (TPSA) is 782 Å². The molecule has 0 aliphatic heterocycles. The second-order valence-electron chi connectivity index (χ2n) is 24.8. The Morgan fingerprint density at radius 1 is 0.286 bits per heavy atom. The van der Waals surface area contributed by atoms with Crippen molar-refractivity contribution < 1.29 is 406 Å². The molecular formula is C56H86N12Na8O35P8+8. The fourth-order valence-electron chi connectivity index (χ4n) is 9.82. The molecule has 63 heteroatoms. The maximum Gasteiger partial charge on any atom is 1.00 e. The van der Waals surface area contributed by atoms with Crippen LogP contribution in [0.25, 0.3) is 0 Å². The maximum atomic E-state index is 13.8. The van der Waals surface area contributed by atoms with Crippen LogP contribution in [0.4, 0.5) is 0 Å². The largest absolute Gasteiger partial charge is 1.00 e. The van der Waals surface area contributed by atoms with Gasteiger partial charge in [0.25, 0.3) is 23.6 Å². The van der Waals surface area contributed by atoms with Crippen LogP contribution in [0.2, 0.25) is 0 Å². The summed E-state index contributed by atoms with van der Waals surface area (Å²) in [6.07, 6.45) is -11.5. The van der Waals surface area contributed by atoms with Gasteiger partial charge in [-0.2, -0.15) is 0 Å². The third-order valence-electron chi connectivity index (χ3n) is 14.1. The molecule has 0 unspecified atom stereocenters. The fraction of sp³-hybridized carbons (Fsp3) is 0.429. The molecule has 0 aliphatic carbocycles. The molecule has 0 bridgehead atoms. The molecule has 0 radical (unpaired) electrons. The van der Waals surface area contributed by atoms with Crippen LogP contribution in [0.3, 0.4) is 0 Å². The second kappa shape index (κ2) is 62.0. The molecular weight excluding hydrogens is 1830 g/mol. The summed E-state index contributed by atoms with van der Waals surface area (Å²) < 4.78 is 18.4. The standard InChI is InChI=1S/C56H86N12O35P8.8Na/c1-38-10-12-46(13-11-38)101-29-41-22-47(102-27-39-18-42(53(73)61-57-49(69)6-2-14-65(30-104(77,78)79)31-105(80,81)82)24-43(19-39)54(74)62-58-50(70)7-3-15-66(32-106(83,84)85)33-107(86,87)88)26-48(23-41)103-28-40-20-44(55(75)63-59-51(71)8-4-16-67(34-108(89,90)91)35-109(92,93)94)25-45(21-40)56(76)64-60-52(72)9-5-17-68(36-110(95,96)97)37-111(98,99)100;;;;;;;;/h10-13,18-26H,2-9,14-17,27-37H2,1H3,(H,57,69)(H,58,70)(H,59,71)(H,60,72)(H,61,73)(H,62,74)(H,63,75)(H,64,76)(H2,77,78,79)(H2,80,81,82)(H2,83,84,85)(H2,86,87,88)(H2,89,90,91)(H2,92,93,94)(H2,95,96,97)(H2,98,99,100);;;;;;;;/q;8*+1. The number of hydrogen-bond donors (Lipinski definition) is 24. The Morgan fingerprint density at radius 2 is 0.479 bits per heavy atom. The number of benzene rings is 4. The smallest absolute Gasteiger partial charge is 0.631 e. The zero-order valence-electron chi connectivity index (χ0n) is 66.5. The van der Waals surface area contributed by atoms with Crippen molar-refractivity contribution in [1.29, 1.82) is 0 Å². The van der Waals surface area contributed by atoms with Crippen molar-refractivity contribution in [2.45, 2.75) is 78.1 Å². The molecule has 0 fully saturated rings. The molecule has 4 rings (SSSR count). The average molecular weight is 1920 g/mol. The average Bonchev–Trinajstić information content (AvgIpc) is 0.831. The predicted molar refractivity (Wildman–Crippen MR) is 379 cm³/mol. The number of ether oxygens (including phenoxy) is 3. The van der Waals surface area contributed by atoms with Crippen LogP contribution in [-0.4, -0.2) is 222 Å². The summed E-state index contributed by atoms with van der Waals surface area (Å²) in [5, 5.41) is 0. The first-order valence-electron chi connectivity index (χ1n) is 32.1. The van der Waals surface area contributed by atoms with Crippen LogP contribution in [0.1, 0.15) is 115 Å². The molecule has 620 valence electrons. The van der Waals surface area contributed by atoms with Crippen molar-refractivity contribution in [3.63, 3.8) is 0 Å². The molecule has 0 aliphatic rings. The fourth-order valence-corrected chi connectivity index (χ4v) is 16.5. The van der Waals surface area contributed by atoms with Gasteiger partial charge >= 0.3 is 236 Å². The molecule has 4 aromatic carbocycles. The first kappa shape index (κ1) is 130. The van der Waals surface area contributed by atoms with Crippen molar-refractivity contribution in [3.8, 4) is 17.2 Å². The number of nitrogens with one attached hydrogen (secondary N) is 8. The molecule has 119 heavy (non-hydrogen) atoms. The van der Waals surface area contributed by atoms with Gasteiger partial charge in [-0.3, -0.25) is 81.8 Å². The number of hydrazine groups is 4. The van der Waals surface area contributed by atoms with E-state index < -0.39 is 226 Å². The molecule has 0 spiro atoms. The molecule has 24 N–H and O–H groups in total. The SMILES string of the molecule is Cc1ccc(OCc2cc(OCc3cc(C(=O)NNC(=O)CCCN(C[P+]([O-])(O)O)C[P+]([O-])(O)O)cc(C(=O)NNC(=O)CCCN(C[P+]([O-])(O)O)C[P+]([O-])(O)O)c3)cc(OCc3cc(C(=O)NNC(=O)CCCN(C[P+]([O-])(O)O)C[P+]([O-])(O)O)cc(C(=O)NNC(=O)CCCN(C[P+]([O-])(O)O)C[P+]([O-])(O)O)c3)c2)cc1.[Na+].[Na+].[Na+].[Na+].[Na+].[Na+].[Na+].[Na+]. The molecule has 0 saturated heterocycles. The molecule has 0 aromatic heterocycles. The summed E-state index contributed by atoms with van der Waals surface area (Å²) in [6, 6.07) is 17.9. The van der Waals surface area contributed by atoms with Crippen molar-refractivity contribution >= 4 is 111 Å². The van der Waals surface area contributed by atoms with Gasteiger partial charge in [-0.25, -0.2) is 97.9 Å². The van der Waals surface area contributed by atoms with E-state index in [0.29, 0.717) is 11.3 Å². The van der Waals surface area contributed by atoms with Crippen molar-refractivity contribution in [3.05, 3.63) is 123 Å². The molecule has 4 aromatic rings. The minimum absolute atomic E-state index is 0. The van der Waals surface area contributed by atoms with Crippen molar-refractivity contribution in [2.24, 2.45) is 0 Å². The number of carbonyl (C=O) groups is 8. The van der Waals surface area contributed by atoms with Gasteiger partial charge in [-0.15, -0.1) is 0 Å². The van der Waals surface area contributed by atoms with E-state index >= 15 is 0 Å². The molecule has 0 heterocycles. The minimum atomic E-state index is -4.84. The normalized spacial score (nSPS) is 11.7. The van der Waals surface area contributed by atoms with Gasteiger partial charge in [0.2, 0.25) is 87.2 Å². The zero-order chi connectivity index (χ0) is 83.5. The van der Waals surface area contributed by atoms with Crippen LogP contribution >= 0.6 is 63.5 Å². The Balaban J connectivity index is -0.00000541. The second-order valence-corrected chi connectivity index (χ2v) is 37.7. The van der Waals surface area contributed by atoms with Gasteiger partial charge in [0.15, 0.2) is 50.3 Å². The number of rotatable bonds is 45. The van der Waals surface area contributed by atoms with E-state index in [4.69, 9.17) is 14.2 Å². The quantitative estimate of drug-likeness (QED) is 0.0111. The Bertz CT molecular complexity index is 3340. The van der Waals surface area contributed by atoms with Crippen LogP contribution in [0, 0.1) is 6.92 Å². The summed E-state index contributed by atoms with van der Waals surface area (Å²) in [6.45, 7) is -1.08. The van der Waals surface area contributed by atoms with E-state index in [1.807, 2.05) is 6.92 Å². The van der Waals surface area contributed by atoms with Gasteiger partial charge in [0, 0.05) is 80.2 Å². The van der Waals surface area contributed by atoms with Gasteiger partial charge in [-0.1, -0.05) is 17.7 Å². The van der Waals surface area contributed by atoms with Crippen LogP contribution < -0.4 is 333 Å². The van der Waals surface area contributed by atoms with Crippen molar-refractivity contribution in [1.82, 2.24) is 63.0 Å². The molecule has 0 atom stereocenters. The summed E-state index contributed by atoms with van der Waals surface area (Å²) in [4.78, 5) is 353. The summed E-state index contributed by atoms with van der Waals surface area (Å²) in [7, 11) is -38.7. The molecule has 0 saturated carbocycles. The molecule has 8 amide bonds. The molecule has 47 nitrogen and oxygen atoms in total. The van der Waals surface area contributed by atoms with E-state index in [-0.39, 0.29) is 314 Å². The van der Waals surface area contributed by atoms with E-state index in [2.05, 4.69) is 43.4 Å². The number of aryl methyl sites for hydroxylation is 1. The third-order valence-corrected chi connectivity index (χ3v) is 20.2. The predicted octanol–water partition coefficient (Wildman–Crippen LogP) is -33.3. The first-order chi connectivity index (χ1) is 51.1. The van der Waals surface area contributed by atoms with Gasteiger partial charge < -0.3 is 53.4 Å². The maximum absolute atomic E-state index is 13.8. The number of carbonyl (C=O) groups excluding carboxylic acids is 8. The van der Waals surface area contributed by atoms with Crippen molar-refractivity contribution in [2.75, 3.05) is 76.5 Å². The number of nitrogens with zero attached hydrogens (tertiary/aromatic N) is 4. The summed E-state index contributed by atoms with van der Waals surface area (Å²) >= 11 is 0. The summed E-state index contributed by atoms with van der Waals surface area (Å²) in [5.74, 6) is -7.74. The Labute approximate surface area is 863 Å². The van der Waals surface area contributed by atoms with E-state index in [9.17, 15) is 156 Å². The van der Waals surface area contributed by atoms with Gasteiger partial charge in [0.1, 0.15) is 37.1 Å². The van der Waals surface area contributed by atoms with E-state index in [0.717, 1.165) is 37.3 Å². The first-order valence-corrected chi connectivity index (χ1v) is 46.5. The van der Waals surface area contributed by atoms with Crippen LogP contribution in [0.5, 0.6) is 17.2 Å². The third kappa shape index (κ3) is 63.2. The zero-order valence-corrected chi connectivity index (χ0v) is 89.7. The Hall–Kier alpha value is 2.36. The van der Waals surface area contributed by atoms with E-state index in [1.165, 1.54) is 42.5 Å². The van der Waals surface area contributed by atoms with Crippen LogP contribution in [-0.2, 0) is 39.0 Å². The monoisotopic (exact) mass is 1920 g/mol. The number of hydrogen-bond acceptors (Lipinski definition) is 39. The van der Waals surface area contributed by atoms with Gasteiger partial charge in [0.05, 0.1) is 0 Å². The Kier molecular flexibility index (Phi) is 67.6. The number of amides is 8.